The standard InChI is InChI=1S/C18H29N7S/c1-13-22-23-16(25(13)4)12-21-18(19-2)20-11-14-7-5-9-24(3)17(14)15-8-6-10-26-15/h6,8,10,14,17H,5,7,9,11-12H2,1-4H3,(H2,19,20,21). The van der Waals surface area contributed by atoms with Gasteiger partial charge in [-0.3, -0.25) is 9.89 Å². The van der Waals surface area contributed by atoms with E-state index in [0.717, 1.165) is 30.7 Å². The number of piperidine rings is 1. The number of guanidine groups is 1. The fourth-order valence-electron chi connectivity index (χ4n) is 3.60. The SMILES string of the molecule is CN=C(NCc1nnc(C)n1C)NCC1CCCN(C)C1c1cccs1. The minimum absolute atomic E-state index is 0.482. The number of hydrogen-bond acceptors (Lipinski definition) is 5. The molecular formula is C18H29N7S. The maximum absolute atomic E-state index is 4.36. The summed E-state index contributed by atoms with van der Waals surface area (Å²) in [4.78, 5) is 8.30. The van der Waals surface area contributed by atoms with Gasteiger partial charge >= 0.3 is 0 Å². The zero-order valence-corrected chi connectivity index (χ0v) is 16.9. The van der Waals surface area contributed by atoms with Crippen molar-refractivity contribution in [3.05, 3.63) is 34.0 Å². The third kappa shape index (κ3) is 4.24. The highest BCUT2D eigenvalue weighted by atomic mass is 32.1. The van der Waals surface area contributed by atoms with Gasteiger partial charge in [0, 0.05) is 31.6 Å². The summed E-state index contributed by atoms with van der Waals surface area (Å²) in [6.45, 7) is 4.63. The smallest absolute Gasteiger partial charge is 0.191 e. The van der Waals surface area contributed by atoms with Gasteiger partial charge in [-0.15, -0.1) is 21.5 Å². The lowest BCUT2D eigenvalue weighted by Gasteiger charge is -2.39. The largest absolute Gasteiger partial charge is 0.356 e. The molecule has 142 valence electrons. The molecule has 8 heteroatoms. The summed E-state index contributed by atoms with van der Waals surface area (Å²) in [5.74, 6) is 3.19. The molecule has 1 fully saturated rings. The van der Waals surface area contributed by atoms with Gasteiger partial charge in [0.2, 0.25) is 0 Å². The van der Waals surface area contributed by atoms with Gasteiger partial charge in [-0.25, -0.2) is 0 Å². The molecule has 3 heterocycles. The van der Waals surface area contributed by atoms with Crippen LogP contribution in [0.15, 0.2) is 22.5 Å². The first-order valence-electron chi connectivity index (χ1n) is 9.13. The van der Waals surface area contributed by atoms with Crippen molar-refractivity contribution in [2.75, 3.05) is 27.2 Å². The third-order valence-electron chi connectivity index (χ3n) is 5.19. The predicted molar refractivity (Wildman–Crippen MR) is 106 cm³/mol. The highest BCUT2D eigenvalue weighted by molar-refractivity contribution is 7.10. The van der Waals surface area contributed by atoms with Crippen molar-refractivity contribution in [1.82, 2.24) is 30.3 Å². The predicted octanol–water partition coefficient (Wildman–Crippen LogP) is 1.93. The molecule has 0 aromatic carbocycles. The summed E-state index contributed by atoms with van der Waals surface area (Å²) < 4.78 is 1.99. The molecule has 3 rings (SSSR count). The maximum Gasteiger partial charge on any atom is 0.191 e. The van der Waals surface area contributed by atoms with Crippen LogP contribution in [0.2, 0.25) is 0 Å². The minimum Gasteiger partial charge on any atom is -0.356 e. The van der Waals surface area contributed by atoms with Crippen LogP contribution in [0.4, 0.5) is 0 Å². The summed E-state index contributed by atoms with van der Waals surface area (Å²) in [7, 11) is 6.02. The van der Waals surface area contributed by atoms with Gasteiger partial charge in [-0.05, 0) is 50.7 Å². The summed E-state index contributed by atoms with van der Waals surface area (Å²) in [5.41, 5.74) is 0. The molecule has 1 saturated heterocycles. The summed E-state index contributed by atoms with van der Waals surface area (Å²) in [5, 5.41) is 17.3. The number of aliphatic imine (C=N–C) groups is 1. The first-order chi connectivity index (χ1) is 12.6. The minimum atomic E-state index is 0.482. The van der Waals surface area contributed by atoms with Crippen LogP contribution in [0.1, 0.15) is 35.4 Å². The lowest BCUT2D eigenvalue weighted by molar-refractivity contribution is 0.125. The van der Waals surface area contributed by atoms with Crippen LogP contribution in [0, 0.1) is 12.8 Å². The Morgan fingerprint density at radius 2 is 2.19 bits per heavy atom. The molecule has 0 spiro atoms. The van der Waals surface area contributed by atoms with Crippen LogP contribution in [0.3, 0.4) is 0 Å². The number of hydrogen-bond donors (Lipinski definition) is 2. The molecule has 2 aromatic heterocycles. The number of thiophene rings is 1. The Morgan fingerprint density at radius 1 is 1.35 bits per heavy atom. The molecule has 0 saturated carbocycles. The Balaban J connectivity index is 1.57. The Hall–Kier alpha value is -1.93. The number of nitrogens with zero attached hydrogens (tertiary/aromatic N) is 5. The van der Waals surface area contributed by atoms with E-state index >= 15 is 0 Å². The molecule has 0 amide bonds. The normalized spacial score (nSPS) is 21.8. The van der Waals surface area contributed by atoms with Gasteiger partial charge in [0.05, 0.1) is 6.54 Å². The topological polar surface area (TPSA) is 70.4 Å². The lowest BCUT2D eigenvalue weighted by atomic mass is 9.88. The molecule has 2 atom stereocenters. The molecule has 2 unspecified atom stereocenters. The van der Waals surface area contributed by atoms with Crippen molar-refractivity contribution in [1.29, 1.82) is 0 Å². The molecule has 2 N–H and O–H groups in total. The van der Waals surface area contributed by atoms with E-state index in [1.54, 1.807) is 7.05 Å². The van der Waals surface area contributed by atoms with Crippen LogP contribution in [0.25, 0.3) is 0 Å². The van der Waals surface area contributed by atoms with Crippen LogP contribution in [-0.4, -0.2) is 52.8 Å². The van der Waals surface area contributed by atoms with Crippen LogP contribution in [0.5, 0.6) is 0 Å². The Morgan fingerprint density at radius 3 is 2.85 bits per heavy atom. The second-order valence-corrected chi connectivity index (χ2v) is 7.85. The van der Waals surface area contributed by atoms with Crippen LogP contribution >= 0.6 is 11.3 Å². The number of aryl methyl sites for hydroxylation is 1. The summed E-state index contributed by atoms with van der Waals surface area (Å²) >= 11 is 1.86. The number of nitrogens with one attached hydrogen (secondary N) is 2. The maximum atomic E-state index is 4.36. The van der Waals surface area contributed by atoms with E-state index in [-0.39, 0.29) is 0 Å². The highest BCUT2D eigenvalue weighted by Gasteiger charge is 2.31. The zero-order valence-electron chi connectivity index (χ0n) is 16.1. The van der Waals surface area contributed by atoms with Gasteiger partial charge in [-0.1, -0.05) is 6.07 Å². The summed E-state index contributed by atoms with van der Waals surface area (Å²) in [6, 6.07) is 4.89. The van der Waals surface area contributed by atoms with Crippen molar-refractivity contribution in [2.45, 2.75) is 32.4 Å². The lowest BCUT2D eigenvalue weighted by Crippen LogP contribution is -2.44. The zero-order chi connectivity index (χ0) is 18.5. The van der Waals surface area contributed by atoms with Gasteiger partial charge < -0.3 is 15.2 Å². The molecule has 1 aliphatic heterocycles. The molecule has 0 bridgehead atoms. The van der Waals surface area contributed by atoms with E-state index < -0.39 is 0 Å². The van der Waals surface area contributed by atoms with Gasteiger partial charge in [0.15, 0.2) is 11.8 Å². The van der Waals surface area contributed by atoms with E-state index in [2.05, 4.69) is 55.3 Å². The second-order valence-electron chi connectivity index (χ2n) is 6.87. The van der Waals surface area contributed by atoms with Crippen molar-refractivity contribution < 1.29 is 0 Å². The van der Waals surface area contributed by atoms with Crippen molar-refractivity contribution in [3.8, 4) is 0 Å². The Kier molecular flexibility index (Phi) is 6.26. The van der Waals surface area contributed by atoms with Gasteiger partial charge in [-0.2, -0.15) is 0 Å². The molecule has 1 aliphatic rings. The second kappa shape index (κ2) is 8.64. The van der Waals surface area contributed by atoms with E-state index in [4.69, 9.17) is 0 Å². The Bertz CT molecular complexity index is 722. The summed E-state index contributed by atoms with van der Waals surface area (Å²) in [6.07, 6.45) is 2.48. The highest BCUT2D eigenvalue weighted by Crippen LogP contribution is 2.36. The quantitative estimate of drug-likeness (QED) is 0.617. The fourth-order valence-corrected chi connectivity index (χ4v) is 4.58. The first kappa shape index (κ1) is 18.8. The fraction of sp³-hybridized carbons (Fsp3) is 0.611. The van der Waals surface area contributed by atoms with Gasteiger partial charge in [0.25, 0.3) is 0 Å². The molecule has 7 nitrogen and oxygen atoms in total. The first-order valence-corrected chi connectivity index (χ1v) is 10.0. The average molecular weight is 376 g/mol. The third-order valence-corrected chi connectivity index (χ3v) is 6.14. The molecule has 0 aliphatic carbocycles. The van der Waals surface area contributed by atoms with E-state index in [1.807, 2.05) is 29.9 Å². The van der Waals surface area contributed by atoms with Crippen molar-refractivity contribution in [3.63, 3.8) is 0 Å². The van der Waals surface area contributed by atoms with E-state index in [9.17, 15) is 0 Å². The number of likely N-dealkylation sites (tertiary alicyclic amines) is 1. The van der Waals surface area contributed by atoms with E-state index in [1.165, 1.54) is 17.7 Å². The molecule has 2 aromatic rings. The van der Waals surface area contributed by atoms with Crippen molar-refractivity contribution >= 4 is 17.3 Å². The van der Waals surface area contributed by atoms with Crippen LogP contribution in [-0.2, 0) is 13.6 Å². The molecule has 26 heavy (non-hydrogen) atoms. The van der Waals surface area contributed by atoms with Crippen LogP contribution < -0.4 is 10.6 Å². The monoisotopic (exact) mass is 375 g/mol. The van der Waals surface area contributed by atoms with E-state index in [0.29, 0.717) is 18.5 Å². The van der Waals surface area contributed by atoms with Gasteiger partial charge in [0.1, 0.15) is 5.82 Å². The number of rotatable bonds is 5. The average Bonchev–Trinajstić information content (AvgIpc) is 3.27. The van der Waals surface area contributed by atoms with Crippen molar-refractivity contribution in [2.24, 2.45) is 18.0 Å². The molecular weight excluding hydrogens is 346 g/mol. The number of aromatic nitrogens is 3. The molecule has 0 radical (unpaired) electrons. The Labute approximate surface area is 159 Å².